The second kappa shape index (κ2) is 8.89. The van der Waals surface area contributed by atoms with Crippen LogP contribution < -0.4 is 10.2 Å². The van der Waals surface area contributed by atoms with Crippen molar-refractivity contribution in [1.82, 2.24) is 5.32 Å². The predicted molar refractivity (Wildman–Crippen MR) is 112 cm³/mol. The maximum atomic E-state index is 13.0. The van der Waals surface area contributed by atoms with Gasteiger partial charge in [-0.3, -0.25) is 4.79 Å². The summed E-state index contributed by atoms with van der Waals surface area (Å²) in [5.41, 5.74) is 2.33. The van der Waals surface area contributed by atoms with Gasteiger partial charge < -0.3 is 15.0 Å². The van der Waals surface area contributed by atoms with Gasteiger partial charge in [-0.05, 0) is 24.5 Å². The standard InChI is InChI=1S/C22H28N2O2S/c25-21(23-18-10-6-1-2-7-11-18)20-16-19(17-8-4-3-5-9-17)22(27-20)24-12-14-26-15-13-24/h3-5,8-9,16,18H,1-2,6-7,10-15H2,(H,23,25). The van der Waals surface area contributed by atoms with Gasteiger partial charge >= 0.3 is 0 Å². The van der Waals surface area contributed by atoms with Crippen LogP contribution in [-0.2, 0) is 4.74 Å². The van der Waals surface area contributed by atoms with E-state index in [4.69, 9.17) is 4.74 Å². The zero-order chi connectivity index (χ0) is 18.5. The lowest BCUT2D eigenvalue weighted by Crippen LogP contribution is -2.36. The highest BCUT2D eigenvalue weighted by molar-refractivity contribution is 7.18. The minimum Gasteiger partial charge on any atom is -0.378 e. The summed E-state index contributed by atoms with van der Waals surface area (Å²) in [5.74, 6) is 0.0867. The van der Waals surface area contributed by atoms with Crippen molar-refractivity contribution in [3.63, 3.8) is 0 Å². The molecule has 1 aliphatic heterocycles. The van der Waals surface area contributed by atoms with Crippen LogP contribution >= 0.6 is 11.3 Å². The quantitative estimate of drug-likeness (QED) is 0.777. The normalized spacial score (nSPS) is 18.9. The molecule has 1 amide bonds. The van der Waals surface area contributed by atoms with Crippen molar-refractivity contribution in [3.8, 4) is 11.1 Å². The van der Waals surface area contributed by atoms with Crippen LogP contribution in [0.1, 0.15) is 48.2 Å². The molecular formula is C22H28N2O2S. The number of nitrogens with zero attached hydrogens (tertiary/aromatic N) is 1. The zero-order valence-corrected chi connectivity index (χ0v) is 16.6. The van der Waals surface area contributed by atoms with Gasteiger partial charge in [0, 0.05) is 24.7 Å². The summed E-state index contributed by atoms with van der Waals surface area (Å²) in [6.45, 7) is 3.25. The topological polar surface area (TPSA) is 41.6 Å². The largest absolute Gasteiger partial charge is 0.378 e. The van der Waals surface area contributed by atoms with E-state index >= 15 is 0 Å². The molecule has 0 bridgehead atoms. The fourth-order valence-corrected chi connectivity index (χ4v) is 5.13. The molecule has 144 valence electrons. The number of carbonyl (C=O) groups is 1. The van der Waals surface area contributed by atoms with E-state index in [9.17, 15) is 4.79 Å². The molecule has 1 aliphatic carbocycles. The van der Waals surface area contributed by atoms with Gasteiger partial charge in [0.1, 0.15) is 0 Å². The van der Waals surface area contributed by atoms with Gasteiger partial charge in [0.15, 0.2) is 0 Å². The molecule has 0 unspecified atom stereocenters. The fourth-order valence-electron chi connectivity index (χ4n) is 4.00. The molecule has 27 heavy (non-hydrogen) atoms. The lowest BCUT2D eigenvalue weighted by molar-refractivity contribution is 0.0937. The Labute approximate surface area is 165 Å². The summed E-state index contributed by atoms with van der Waals surface area (Å²) < 4.78 is 5.52. The molecule has 2 heterocycles. The number of thiophene rings is 1. The van der Waals surface area contributed by atoms with E-state index in [1.165, 1.54) is 36.2 Å². The molecular weight excluding hydrogens is 356 g/mol. The number of carbonyl (C=O) groups excluding carboxylic acids is 1. The monoisotopic (exact) mass is 384 g/mol. The lowest BCUT2D eigenvalue weighted by Gasteiger charge is -2.28. The van der Waals surface area contributed by atoms with E-state index in [1.807, 2.05) is 6.07 Å². The second-order valence-electron chi connectivity index (χ2n) is 7.46. The smallest absolute Gasteiger partial charge is 0.261 e. The van der Waals surface area contributed by atoms with Crippen LogP contribution in [0, 0.1) is 0 Å². The Morgan fingerprint density at radius 1 is 1.04 bits per heavy atom. The summed E-state index contributed by atoms with van der Waals surface area (Å²) in [7, 11) is 0. The first kappa shape index (κ1) is 18.5. The van der Waals surface area contributed by atoms with Gasteiger partial charge in [-0.1, -0.05) is 56.0 Å². The van der Waals surface area contributed by atoms with Crippen molar-refractivity contribution in [2.24, 2.45) is 0 Å². The average molecular weight is 385 g/mol. The Kier molecular flexibility index (Phi) is 6.10. The number of hydrogen-bond donors (Lipinski definition) is 1. The van der Waals surface area contributed by atoms with E-state index in [0.717, 1.165) is 49.6 Å². The molecule has 0 atom stereocenters. The molecule has 0 spiro atoms. The summed E-state index contributed by atoms with van der Waals surface area (Å²) in [6.07, 6.45) is 7.26. The van der Waals surface area contributed by atoms with Crippen molar-refractivity contribution in [2.45, 2.75) is 44.6 Å². The molecule has 4 rings (SSSR count). The summed E-state index contributed by atoms with van der Waals surface area (Å²) in [5, 5.41) is 4.49. The highest BCUT2D eigenvalue weighted by atomic mass is 32.1. The van der Waals surface area contributed by atoms with Crippen molar-refractivity contribution >= 4 is 22.2 Å². The van der Waals surface area contributed by atoms with Gasteiger partial charge in [-0.2, -0.15) is 0 Å². The molecule has 1 aromatic carbocycles. The minimum atomic E-state index is 0.0867. The molecule has 1 saturated carbocycles. The molecule has 5 heteroatoms. The van der Waals surface area contributed by atoms with Gasteiger partial charge in [0.05, 0.1) is 23.1 Å². The molecule has 1 aromatic heterocycles. The third-order valence-corrected chi connectivity index (χ3v) is 6.70. The third-order valence-electron chi connectivity index (χ3n) is 5.51. The number of anilines is 1. The van der Waals surface area contributed by atoms with E-state index in [2.05, 4.69) is 40.5 Å². The number of nitrogens with one attached hydrogen (secondary N) is 1. The second-order valence-corrected chi connectivity index (χ2v) is 8.49. The van der Waals surface area contributed by atoms with Crippen molar-refractivity contribution in [3.05, 3.63) is 41.3 Å². The van der Waals surface area contributed by atoms with Crippen molar-refractivity contribution in [2.75, 3.05) is 31.2 Å². The number of amides is 1. The molecule has 1 N–H and O–H groups in total. The van der Waals surface area contributed by atoms with Crippen molar-refractivity contribution in [1.29, 1.82) is 0 Å². The molecule has 2 fully saturated rings. The first-order valence-corrected chi connectivity index (χ1v) is 11.0. The van der Waals surface area contributed by atoms with E-state index < -0.39 is 0 Å². The molecule has 1 saturated heterocycles. The van der Waals surface area contributed by atoms with E-state index in [1.54, 1.807) is 11.3 Å². The summed E-state index contributed by atoms with van der Waals surface area (Å²) in [4.78, 5) is 16.1. The Bertz CT molecular complexity index is 745. The fraction of sp³-hybridized carbons (Fsp3) is 0.500. The van der Waals surface area contributed by atoms with Crippen LogP contribution in [0.3, 0.4) is 0 Å². The number of rotatable bonds is 4. The Hall–Kier alpha value is -1.85. The van der Waals surface area contributed by atoms with Gasteiger partial charge in [0.25, 0.3) is 5.91 Å². The Morgan fingerprint density at radius 2 is 1.74 bits per heavy atom. The van der Waals surface area contributed by atoms with Gasteiger partial charge in [0.2, 0.25) is 0 Å². The van der Waals surface area contributed by atoms with Crippen LogP contribution in [-0.4, -0.2) is 38.3 Å². The van der Waals surface area contributed by atoms with Gasteiger partial charge in [-0.15, -0.1) is 11.3 Å². The third kappa shape index (κ3) is 4.53. The van der Waals surface area contributed by atoms with Crippen LogP contribution in [0.5, 0.6) is 0 Å². The Balaban J connectivity index is 1.59. The molecule has 2 aliphatic rings. The van der Waals surface area contributed by atoms with Crippen LogP contribution in [0.4, 0.5) is 5.00 Å². The highest BCUT2D eigenvalue weighted by Gasteiger charge is 2.23. The maximum absolute atomic E-state index is 13.0. The molecule has 2 aromatic rings. The minimum absolute atomic E-state index is 0.0867. The van der Waals surface area contributed by atoms with Crippen molar-refractivity contribution < 1.29 is 9.53 Å². The SMILES string of the molecule is O=C(NC1CCCCCC1)c1cc(-c2ccccc2)c(N2CCOCC2)s1. The van der Waals surface area contributed by atoms with Gasteiger partial charge in [-0.25, -0.2) is 0 Å². The number of ether oxygens (including phenoxy) is 1. The number of morpholine rings is 1. The molecule has 0 radical (unpaired) electrons. The number of benzene rings is 1. The van der Waals surface area contributed by atoms with Crippen LogP contribution in [0.2, 0.25) is 0 Å². The number of hydrogen-bond acceptors (Lipinski definition) is 4. The van der Waals surface area contributed by atoms with Crippen LogP contribution in [0.25, 0.3) is 11.1 Å². The first-order valence-electron chi connectivity index (χ1n) is 10.1. The first-order chi connectivity index (χ1) is 13.3. The maximum Gasteiger partial charge on any atom is 0.261 e. The highest BCUT2D eigenvalue weighted by Crippen LogP contribution is 2.39. The molecule has 4 nitrogen and oxygen atoms in total. The predicted octanol–water partition coefficient (Wildman–Crippen LogP) is 4.70. The van der Waals surface area contributed by atoms with E-state index in [-0.39, 0.29) is 5.91 Å². The average Bonchev–Trinajstić information content (AvgIpc) is 3.02. The summed E-state index contributed by atoms with van der Waals surface area (Å²) >= 11 is 1.62. The Morgan fingerprint density at radius 3 is 2.44 bits per heavy atom. The zero-order valence-electron chi connectivity index (χ0n) is 15.8. The van der Waals surface area contributed by atoms with E-state index in [0.29, 0.717) is 6.04 Å². The van der Waals surface area contributed by atoms with Crippen LogP contribution in [0.15, 0.2) is 36.4 Å². The lowest BCUT2D eigenvalue weighted by atomic mass is 10.1. The summed E-state index contributed by atoms with van der Waals surface area (Å²) in [6, 6.07) is 12.8.